The van der Waals surface area contributed by atoms with E-state index in [-0.39, 0.29) is 28.7 Å². The number of aromatic nitrogens is 3. The molecule has 0 atom stereocenters. The number of benzene rings is 1. The van der Waals surface area contributed by atoms with Crippen LogP contribution in [0.5, 0.6) is 11.6 Å². The summed E-state index contributed by atoms with van der Waals surface area (Å²) in [5, 5.41) is 4.71. The Balaban J connectivity index is 1.35. The molecule has 5 rings (SSSR count). The van der Waals surface area contributed by atoms with Gasteiger partial charge in [-0.25, -0.2) is 9.67 Å². The van der Waals surface area contributed by atoms with Gasteiger partial charge in [0.25, 0.3) is 11.8 Å². The van der Waals surface area contributed by atoms with Crippen molar-refractivity contribution in [2.75, 3.05) is 18.8 Å². The number of hydrogen-bond donors (Lipinski definition) is 2. The SMILES string of the molecule is CC#CC(=O)N1CCC2(CC(n3nc(-c4ccc(Oc5ccccn5)cc4)c(C(N)=O)c3N)C2)C1. The van der Waals surface area contributed by atoms with Crippen LogP contribution in [0.4, 0.5) is 5.82 Å². The summed E-state index contributed by atoms with van der Waals surface area (Å²) in [4.78, 5) is 30.4. The number of carbonyl (C=O) groups is 2. The fourth-order valence-corrected chi connectivity index (χ4v) is 5.12. The molecule has 0 radical (unpaired) electrons. The van der Waals surface area contributed by atoms with Crippen molar-refractivity contribution in [1.82, 2.24) is 19.7 Å². The van der Waals surface area contributed by atoms with E-state index in [9.17, 15) is 9.59 Å². The van der Waals surface area contributed by atoms with Crippen LogP contribution in [0.1, 0.15) is 42.6 Å². The van der Waals surface area contributed by atoms with Crippen LogP contribution in [0.15, 0.2) is 48.7 Å². The Hall–Kier alpha value is -4.32. The van der Waals surface area contributed by atoms with Crippen LogP contribution in [0, 0.1) is 17.3 Å². The maximum absolute atomic E-state index is 12.3. The van der Waals surface area contributed by atoms with Crippen molar-refractivity contribution in [3.8, 4) is 34.7 Å². The first-order chi connectivity index (χ1) is 16.9. The second-order valence-corrected chi connectivity index (χ2v) is 9.13. The molecule has 9 nitrogen and oxygen atoms in total. The summed E-state index contributed by atoms with van der Waals surface area (Å²) in [5.41, 5.74) is 13.5. The molecule has 35 heavy (non-hydrogen) atoms. The Kier molecular flexibility index (Phi) is 5.65. The normalized spacial score (nSPS) is 20.7. The van der Waals surface area contributed by atoms with E-state index in [1.54, 1.807) is 36.0 Å². The molecule has 2 amide bonds. The molecule has 2 aliphatic rings. The zero-order valence-corrected chi connectivity index (χ0v) is 19.4. The van der Waals surface area contributed by atoms with E-state index in [4.69, 9.17) is 21.3 Å². The van der Waals surface area contributed by atoms with Crippen LogP contribution in [0.25, 0.3) is 11.3 Å². The molecule has 0 bridgehead atoms. The summed E-state index contributed by atoms with van der Waals surface area (Å²) in [6.07, 6.45) is 4.24. The van der Waals surface area contributed by atoms with Gasteiger partial charge in [-0.1, -0.05) is 12.0 Å². The highest BCUT2D eigenvalue weighted by Gasteiger charge is 2.51. The van der Waals surface area contributed by atoms with Crippen molar-refractivity contribution in [1.29, 1.82) is 0 Å². The van der Waals surface area contributed by atoms with Crippen LogP contribution in [0.2, 0.25) is 0 Å². The lowest BCUT2D eigenvalue weighted by Crippen LogP contribution is -2.42. The molecule has 9 heteroatoms. The second-order valence-electron chi connectivity index (χ2n) is 9.13. The van der Waals surface area contributed by atoms with Crippen LogP contribution in [0.3, 0.4) is 0 Å². The molecule has 4 N–H and O–H groups in total. The van der Waals surface area contributed by atoms with Crippen LogP contribution < -0.4 is 16.2 Å². The van der Waals surface area contributed by atoms with Gasteiger partial charge in [-0.15, -0.1) is 0 Å². The van der Waals surface area contributed by atoms with E-state index in [2.05, 4.69) is 16.8 Å². The van der Waals surface area contributed by atoms with Crippen molar-refractivity contribution in [3.63, 3.8) is 0 Å². The lowest BCUT2D eigenvalue weighted by molar-refractivity contribution is -0.125. The summed E-state index contributed by atoms with van der Waals surface area (Å²) in [6, 6.07) is 12.7. The number of hydrogen-bond acceptors (Lipinski definition) is 6. The molecule has 2 aromatic heterocycles. The van der Waals surface area contributed by atoms with Crippen LogP contribution in [-0.4, -0.2) is 44.6 Å². The smallest absolute Gasteiger partial charge is 0.298 e. The average molecular weight is 471 g/mol. The Labute approximate surface area is 203 Å². The molecule has 3 aromatic rings. The van der Waals surface area contributed by atoms with E-state index in [0.717, 1.165) is 19.3 Å². The minimum absolute atomic E-state index is 0.0425. The van der Waals surface area contributed by atoms with Crippen LogP contribution >= 0.6 is 0 Å². The Morgan fingerprint density at radius 2 is 1.94 bits per heavy atom. The van der Waals surface area contributed by atoms with E-state index in [1.165, 1.54) is 0 Å². The van der Waals surface area contributed by atoms with Gasteiger partial charge in [-0.05, 0) is 67.9 Å². The Bertz CT molecular complexity index is 1330. The summed E-state index contributed by atoms with van der Waals surface area (Å²) in [5.74, 6) is 5.91. The van der Waals surface area contributed by atoms with E-state index in [0.29, 0.717) is 36.0 Å². The van der Waals surface area contributed by atoms with Crippen molar-refractivity contribution in [2.24, 2.45) is 11.1 Å². The molecule has 2 fully saturated rings. The molecule has 1 aliphatic carbocycles. The molecule has 0 unspecified atom stereocenters. The Morgan fingerprint density at radius 1 is 1.17 bits per heavy atom. The fraction of sp³-hybridized carbons (Fsp3) is 0.308. The van der Waals surface area contributed by atoms with Gasteiger partial charge in [0, 0.05) is 30.9 Å². The second kappa shape index (κ2) is 8.80. The first kappa shape index (κ1) is 22.5. The van der Waals surface area contributed by atoms with E-state index < -0.39 is 5.91 Å². The zero-order valence-electron chi connectivity index (χ0n) is 19.4. The fourth-order valence-electron chi connectivity index (χ4n) is 5.12. The molecule has 3 heterocycles. The summed E-state index contributed by atoms with van der Waals surface area (Å²) in [6.45, 7) is 3.06. The standard InChI is InChI=1S/C26H26N6O3/c1-2-5-21(33)31-13-11-26(16-31)14-18(15-26)32-24(27)22(25(28)34)23(30-32)17-7-9-19(10-8-17)35-20-6-3-4-12-29-20/h3-4,6-10,12,18H,11,13-16,27H2,1H3,(H2,28,34). The number of likely N-dealkylation sites (tertiary alicyclic amines) is 1. The van der Waals surface area contributed by atoms with Gasteiger partial charge in [0.05, 0.1) is 6.04 Å². The van der Waals surface area contributed by atoms with Gasteiger partial charge >= 0.3 is 0 Å². The maximum atomic E-state index is 12.3. The maximum Gasteiger partial charge on any atom is 0.298 e. The minimum Gasteiger partial charge on any atom is -0.439 e. The number of nitrogens with two attached hydrogens (primary N) is 2. The molecule has 178 valence electrons. The molecule has 1 aromatic carbocycles. The highest BCUT2D eigenvalue weighted by molar-refractivity contribution is 6.03. The first-order valence-electron chi connectivity index (χ1n) is 11.5. The molecule has 1 aliphatic heterocycles. The number of pyridine rings is 1. The number of ether oxygens (including phenoxy) is 1. The molecule has 1 saturated carbocycles. The zero-order chi connectivity index (χ0) is 24.6. The molecular weight excluding hydrogens is 444 g/mol. The van der Waals surface area contributed by atoms with Crippen molar-refractivity contribution in [3.05, 3.63) is 54.2 Å². The number of amides is 2. The van der Waals surface area contributed by atoms with Gasteiger partial charge in [-0.3, -0.25) is 9.59 Å². The van der Waals surface area contributed by atoms with Crippen molar-refractivity contribution >= 4 is 17.6 Å². The summed E-state index contributed by atoms with van der Waals surface area (Å²) < 4.78 is 7.46. The molecule has 1 saturated heterocycles. The number of anilines is 1. The van der Waals surface area contributed by atoms with E-state index >= 15 is 0 Å². The van der Waals surface area contributed by atoms with Gasteiger partial charge in [0.15, 0.2) is 0 Å². The first-order valence-corrected chi connectivity index (χ1v) is 11.5. The van der Waals surface area contributed by atoms with Gasteiger partial charge in [-0.2, -0.15) is 5.10 Å². The van der Waals surface area contributed by atoms with Gasteiger partial charge < -0.3 is 21.1 Å². The number of nitrogen functional groups attached to an aromatic ring is 1. The predicted molar refractivity (Wildman–Crippen MR) is 130 cm³/mol. The quantitative estimate of drug-likeness (QED) is 0.552. The highest BCUT2D eigenvalue weighted by Crippen LogP contribution is 2.54. The number of carbonyl (C=O) groups excluding carboxylic acids is 2. The number of nitrogens with zero attached hydrogens (tertiary/aromatic N) is 4. The Morgan fingerprint density at radius 3 is 2.60 bits per heavy atom. The van der Waals surface area contributed by atoms with Crippen molar-refractivity contribution < 1.29 is 14.3 Å². The minimum atomic E-state index is -0.623. The van der Waals surface area contributed by atoms with Crippen molar-refractivity contribution in [2.45, 2.75) is 32.2 Å². The van der Waals surface area contributed by atoms with Gasteiger partial charge in [0.2, 0.25) is 5.88 Å². The molecular formula is C26H26N6O3. The topological polar surface area (TPSA) is 129 Å². The molecule has 1 spiro atoms. The lowest BCUT2D eigenvalue weighted by atomic mass is 9.65. The third-order valence-corrected chi connectivity index (χ3v) is 6.82. The lowest BCUT2D eigenvalue weighted by Gasteiger charge is -2.45. The van der Waals surface area contributed by atoms with E-state index in [1.807, 2.05) is 29.2 Å². The highest BCUT2D eigenvalue weighted by atomic mass is 16.5. The average Bonchev–Trinajstić information content (AvgIpc) is 3.42. The third kappa shape index (κ3) is 4.19. The van der Waals surface area contributed by atoms with Gasteiger partial charge in [0.1, 0.15) is 22.8 Å². The summed E-state index contributed by atoms with van der Waals surface area (Å²) >= 11 is 0. The number of primary amides is 1. The third-order valence-electron chi connectivity index (χ3n) is 6.82. The predicted octanol–water partition coefficient (Wildman–Crippen LogP) is 3.00. The summed E-state index contributed by atoms with van der Waals surface area (Å²) in [7, 11) is 0. The monoisotopic (exact) mass is 470 g/mol. The van der Waals surface area contributed by atoms with Crippen LogP contribution in [-0.2, 0) is 4.79 Å². The number of rotatable bonds is 5. The largest absolute Gasteiger partial charge is 0.439 e.